The highest BCUT2D eigenvalue weighted by Crippen LogP contribution is 2.26. The minimum atomic E-state index is -3.56. The van der Waals surface area contributed by atoms with E-state index in [1.54, 1.807) is 42.7 Å². The normalized spacial score (nSPS) is 13.7. The number of imidazole rings is 1. The number of fused-ring (bicyclic) bond motifs is 1. The highest BCUT2D eigenvalue weighted by molar-refractivity contribution is 7.89. The van der Waals surface area contributed by atoms with Crippen molar-refractivity contribution in [3.63, 3.8) is 0 Å². The number of benzene rings is 2. The van der Waals surface area contributed by atoms with Gasteiger partial charge >= 0.3 is 0 Å². The first-order valence-electron chi connectivity index (χ1n) is 8.66. The van der Waals surface area contributed by atoms with Gasteiger partial charge in [-0.25, -0.2) is 23.3 Å². The van der Waals surface area contributed by atoms with E-state index in [9.17, 15) is 12.8 Å². The minimum Gasteiger partial charge on any atom is -0.347 e. The van der Waals surface area contributed by atoms with Gasteiger partial charge in [-0.3, -0.25) is 10.0 Å². The second-order valence-electron chi connectivity index (χ2n) is 6.19. The molecule has 2 heterocycles. The Morgan fingerprint density at radius 2 is 1.69 bits per heavy atom. The summed E-state index contributed by atoms with van der Waals surface area (Å²) in [7, 11) is -3.56. The standard InChI is InChI=1S/C18H16FN3O2S.CH3NO2/c19-15-5-1-13(2-6-15)14-3-7-16(8-4-14)25(23,24)22-10-9-17-18(11-22)21-12-20-17;3-1-2-4/h1-8,12H,9-11H2,(H,20,21);1,4H,(H,2,3). The van der Waals surface area contributed by atoms with Crippen LogP contribution >= 0.6 is 0 Å². The third kappa shape index (κ3) is 4.67. The number of hydroxylamine groups is 1. The molecule has 1 amide bonds. The first-order chi connectivity index (χ1) is 14.0. The van der Waals surface area contributed by atoms with Crippen LogP contribution in [0, 0.1) is 5.82 Å². The van der Waals surface area contributed by atoms with Gasteiger partial charge in [-0.2, -0.15) is 4.31 Å². The average Bonchev–Trinajstić information content (AvgIpc) is 3.22. The highest BCUT2D eigenvalue weighted by atomic mass is 32.2. The molecule has 0 saturated heterocycles. The van der Waals surface area contributed by atoms with E-state index in [4.69, 9.17) is 10.0 Å². The summed E-state index contributed by atoms with van der Waals surface area (Å²) < 4.78 is 40.2. The first-order valence-corrected chi connectivity index (χ1v) is 10.1. The number of hydrogen-bond donors (Lipinski definition) is 3. The molecule has 0 spiro atoms. The topological polar surface area (TPSA) is 115 Å². The molecular formula is C19H19FN4O4S. The van der Waals surface area contributed by atoms with Gasteiger partial charge in [-0.15, -0.1) is 0 Å². The number of rotatable bonds is 4. The lowest BCUT2D eigenvalue weighted by Gasteiger charge is -2.25. The second kappa shape index (κ2) is 8.95. The van der Waals surface area contributed by atoms with Gasteiger partial charge in [0, 0.05) is 13.0 Å². The van der Waals surface area contributed by atoms with Gasteiger partial charge in [0.15, 0.2) is 0 Å². The number of amides is 1. The Hall–Kier alpha value is -3.08. The van der Waals surface area contributed by atoms with Crippen LogP contribution in [0.3, 0.4) is 0 Å². The zero-order chi connectivity index (χ0) is 20.9. The molecule has 0 fully saturated rings. The quantitative estimate of drug-likeness (QED) is 0.341. The van der Waals surface area contributed by atoms with Crippen LogP contribution in [0.15, 0.2) is 59.8 Å². The summed E-state index contributed by atoms with van der Waals surface area (Å²) in [6.45, 7) is 0.720. The summed E-state index contributed by atoms with van der Waals surface area (Å²) in [6, 6.07) is 12.8. The van der Waals surface area contributed by atoms with Gasteiger partial charge in [-0.1, -0.05) is 24.3 Å². The van der Waals surface area contributed by atoms with E-state index in [0.717, 1.165) is 22.5 Å². The molecule has 152 valence electrons. The van der Waals surface area contributed by atoms with Crippen molar-refractivity contribution in [2.75, 3.05) is 6.54 Å². The Labute approximate surface area is 167 Å². The Bertz CT molecular complexity index is 1070. The van der Waals surface area contributed by atoms with Crippen molar-refractivity contribution in [3.8, 4) is 11.1 Å². The third-order valence-corrected chi connectivity index (χ3v) is 6.32. The number of nitrogens with one attached hydrogen (secondary N) is 2. The summed E-state index contributed by atoms with van der Waals surface area (Å²) in [5, 5.41) is 7.26. The second-order valence-corrected chi connectivity index (χ2v) is 8.13. The van der Waals surface area contributed by atoms with E-state index < -0.39 is 10.0 Å². The number of aromatic amines is 1. The molecule has 1 aliphatic heterocycles. The number of carbonyl (C=O) groups is 1. The Morgan fingerprint density at radius 3 is 2.28 bits per heavy atom. The van der Waals surface area contributed by atoms with Crippen LogP contribution in [-0.4, -0.2) is 40.9 Å². The zero-order valence-corrected chi connectivity index (χ0v) is 16.1. The fourth-order valence-corrected chi connectivity index (χ4v) is 4.41. The molecule has 10 heteroatoms. The molecule has 0 atom stereocenters. The summed E-state index contributed by atoms with van der Waals surface area (Å²) >= 11 is 0. The van der Waals surface area contributed by atoms with Crippen molar-refractivity contribution in [1.82, 2.24) is 19.8 Å². The average molecular weight is 418 g/mol. The van der Waals surface area contributed by atoms with Gasteiger partial charge in [0.1, 0.15) is 5.82 Å². The zero-order valence-electron chi connectivity index (χ0n) is 15.2. The van der Waals surface area contributed by atoms with Crippen LogP contribution in [0.4, 0.5) is 4.39 Å². The number of H-pyrrole nitrogens is 1. The number of nitrogens with zero attached hydrogens (tertiary/aromatic N) is 2. The maximum Gasteiger partial charge on any atom is 0.243 e. The Kier molecular flexibility index (Phi) is 6.37. The van der Waals surface area contributed by atoms with Gasteiger partial charge in [-0.05, 0) is 35.4 Å². The molecule has 29 heavy (non-hydrogen) atoms. The molecule has 0 radical (unpaired) electrons. The van der Waals surface area contributed by atoms with E-state index >= 15 is 0 Å². The van der Waals surface area contributed by atoms with Crippen molar-refractivity contribution in [2.24, 2.45) is 0 Å². The van der Waals surface area contributed by atoms with Crippen molar-refractivity contribution in [2.45, 2.75) is 17.9 Å². The summed E-state index contributed by atoms with van der Waals surface area (Å²) in [6.07, 6.45) is 2.38. The molecule has 0 bridgehead atoms. The minimum absolute atomic E-state index is 0.181. The molecule has 2 aromatic carbocycles. The van der Waals surface area contributed by atoms with Crippen molar-refractivity contribution in [1.29, 1.82) is 0 Å². The van der Waals surface area contributed by atoms with Crippen molar-refractivity contribution in [3.05, 3.63) is 72.1 Å². The SMILES string of the molecule is O=CNO.O=S(=O)(c1ccc(-c2ccc(F)cc2)cc1)N1CCc2nc[nH]c2C1. The van der Waals surface area contributed by atoms with Crippen LogP contribution in [0.1, 0.15) is 11.4 Å². The van der Waals surface area contributed by atoms with E-state index in [-0.39, 0.29) is 17.1 Å². The van der Waals surface area contributed by atoms with E-state index in [1.807, 2.05) is 0 Å². The number of hydrogen-bond acceptors (Lipinski definition) is 5. The summed E-state index contributed by atoms with van der Waals surface area (Å²) in [5.74, 6) is -0.300. The number of carbonyl (C=O) groups excluding carboxylic acids is 1. The fourth-order valence-electron chi connectivity index (χ4n) is 3.00. The summed E-state index contributed by atoms with van der Waals surface area (Å²) in [4.78, 5) is 16.3. The lowest BCUT2D eigenvalue weighted by Crippen LogP contribution is -2.36. The van der Waals surface area contributed by atoms with E-state index in [0.29, 0.717) is 19.5 Å². The monoisotopic (exact) mass is 418 g/mol. The van der Waals surface area contributed by atoms with Crippen molar-refractivity contribution < 1.29 is 22.8 Å². The molecule has 3 aromatic rings. The maximum absolute atomic E-state index is 13.0. The fraction of sp³-hybridized carbons (Fsp3) is 0.158. The van der Waals surface area contributed by atoms with E-state index in [2.05, 4.69) is 9.97 Å². The molecule has 0 saturated carbocycles. The van der Waals surface area contributed by atoms with Gasteiger partial charge in [0.05, 0.1) is 29.2 Å². The molecule has 8 nitrogen and oxygen atoms in total. The van der Waals surface area contributed by atoms with Crippen LogP contribution in [-0.2, 0) is 27.8 Å². The number of aromatic nitrogens is 2. The van der Waals surface area contributed by atoms with Crippen molar-refractivity contribution >= 4 is 16.4 Å². The molecule has 4 rings (SSSR count). The van der Waals surface area contributed by atoms with E-state index in [1.165, 1.54) is 21.9 Å². The van der Waals surface area contributed by atoms with Gasteiger partial charge in [0.2, 0.25) is 16.4 Å². The molecule has 3 N–H and O–H groups in total. The predicted molar refractivity (Wildman–Crippen MR) is 103 cm³/mol. The third-order valence-electron chi connectivity index (χ3n) is 4.46. The largest absolute Gasteiger partial charge is 0.347 e. The van der Waals surface area contributed by atoms with Gasteiger partial charge in [0.25, 0.3) is 0 Å². The van der Waals surface area contributed by atoms with Crippen LogP contribution in [0.25, 0.3) is 11.1 Å². The molecule has 1 aromatic heterocycles. The van der Waals surface area contributed by atoms with Gasteiger partial charge < -0.3 is 4.98 Å². The Balaban J connectivity index is 0.000000552. The first kappa shape index (κ1) is 20.6. The number of sulfonamides is 1. The smallest absolute Gasteiger partial charge is 0.243 e. The summed E-state index contributed by atoms with van der Waals surface area (Å²) in [5.41, 5.74) is 4.70. The van der Waals surface area contributed by atoms with Crippen LogP contribution in [0.2, 0.25) is 0 Å². The molecular weight excluding hydrogens is 399 g/mol. The van der Waals surface area contributed by atoms with Crippen LogP contribution in [0.5, 0.6) is 0 Å². The predicted octanol–water partition coefficient (Wildman–Crippen LogP) is 2.08. The lowest BCUT2D eigenvalue weighted by molar-refractivity contribution is -0.116. The molecule has 1 aliphatic rings. The lowest BCUT2D eigenvalue weighted by atomic mass is 10.1. The number of halogens is 1. The van der Waals surface area contributed by atoms with Crippen LogP contribution < -0.4 is 5.48 Å². The molecule has 0 unspecified atom stereocenters. The Morgan fingerprint density at radius 1 is 1.10 bits per heavy atom. The maximum atomic E-state index is 13.0. The molecule has 0 aliphatic carbocycles. The highest BCUT2D eigenvalue weighted by Gasteiger charge is 2.29.